The monoisotopic (exact) mass is 557 g/mol. The van der Waals surface area contributed by atoms with Crippen molar-refractivity contribution in [1.82, 2.24) is 10.4 Å². The lowest BCUT2D eigenvalue weighted by Crippen LogP contribution is -2.18. The molecule has 0 saturated heterocycles. The van der Waals surface area contributed by atoms with E-state index in [0.717, 1.165) is 10.9 Å². The first-order valence-corrected chi connectivity index (χ1v) is 12.5. The van der Waals surface area contributed by atoms with Crippen LogP contribution in [0.1, 0.15) is 26.4 Å². The zero-order valence-corrected chi connectivity index (χ0v) is 22.1. The van der Waals surface area contributed by atoms with E-state index < -0.39 is 11.9 Å². The number of hydrogen-bond acceptors (Lipinski definition) is 5. The molecule has 39 heavy (non-hydrogen) atoms. The summed E-state index contributed by atoms with van der Waals surface area (Å²) >= 11 is 12.7. The predicted octanol–water partition coefficient (Wildman–Crippen LogP) is 7.13. The summed E-state index contributed by atoms with van der Waals surface area (Å²) in [6.07, 6.45) is 1.46. The van der Waals surface area contributed by atoms with Crippen molar-refractivity contribution >= 4 is 52.2 Å². The minimum atomic E-state index is -0.503. The van der Waals surface area contributed by atoms with Gasteiger partial charge in [0.05, 0.1) is 29.4 Å². The molecule has 0 spiro atoms. The first-order valence-electron chi connectivity index (χ1n) is 11.8. The number of methoxy groups -OCH3 is 1. The van der Waals surface area contributed by atoms with Crippen LogP contribution in [0.5, 0.6) is 11.5 Å². The number of fused-ring (bicyclic) bond motifs is 1. The number of nitrogens with one attached hydrogen (secondary N) is 2. The van der Waals surface area contributed by atoms with Crippen LogP contribution >= 0.6 is 23.2 Å². The van der Waals surface area contributed by atoms with E-state index in [1.54, 1.807) is 54.6 Å². The highest BCUT2D eigenvalue weighted by Crippen LogP contribution is 2.37. The fourth-order valence-corrected chi connectivity index (χ4v) is 4.64. The van der Waals surface area contributed by atoms with E-state index in [-0.39, 0.29) is 5.75 Å². The van der Waals surface area contributed by atoms with Gasteiger partial charge in [0.25, 0.3) is 5.91 Å². The molecule has 0 aliphatic carbocycles. The maximum absolute atomic E-state index is 13.2. The van der Waals surface area contributed by atoms with Crippen molar-refractivity contribution in [1.29, 1.82) is 0 Å². The second-order valence-corrected chi connectivity index (χ2v) is 9.26. The summed E-state index contributed by atoms with van der Waals surface area (Å²) in [5.74, 6) is -0.373. The van der Waals surface area contributed by atoms with Gasteiger partial charge in [-0.3, -0.25) is 4.79 Å². The second-order valence-electron chi connectivity index (χ2n) is 8.42. The normalized spacial score (nSPS) is 11.1. The number of aromatic nitrogens is 1. The molecule has 9 heteroatoms. The second kappa shape index (κ2) is 11.4. The molecule has 0 saturated carbocycles. The SMILES string of the molecule is COc1cc(C=NNC(=O)c2[nH]c3c(Cl)cc(Cl)cc3c2-c2ccccc2)ccc1OC(=O)c1ccccc1. The van der Waals surface area contributed by atoms with E-state index in [9.17, 15) is 9.59 Å². The van der Waals surface area contributed by atoms with E-state index >= 15 is 0 Å². The van der Waals surface area contributed by atoms with Gasteiger partial charge in [0.2, 0.25) is 0 Å². The quantitative estimate of drug-likeness (QED) is 0.0962. The minimum Gasteiger partial charge on any atom is -0.493 e. The van der Waals surface area contributed by atoms with Gasteiger partial charge in [0.1, 0.15) is 5.69 Å². The summed E-state index contributed by atoms with van der Waals surface area (Å²) in [6.45, 7) is 0. The summed E-state index contributed by atoms with van der Waals surface area (Å²) in [5, 5.41) is 5.69. The molecule has 0 aliphatic rings. The molecular formula is C30H21Cl2N3O4. The van der Waals surface area contributed by atoms with E-state index in [2.05, 4.69) is 15.5 Å². The van der Waals surface area contributed by atoms with E-state index in [4.69, 9.17) is 32.7 Å². The lowest BCUT2D eigenvalue weighted by atomic mass is 10.0. The number of carbonyl (C=O) groups excluding carboxylic acids is 2. The van der Waals surface area contributed by atoms with Crippen molar-refractivity contribution in [3.05, 3.63) is 118 Å². The van der Waals surface area contributed by atoms with E-state index in [1.165, 1.54) is 13.3 Å². The molecule has 4 aromatic carbocycles. The smallest absolute Gasteiger partial charge is 0.343 e. The minimum absolute atomic E-state index is 0.258. The zero-order valence-electron chi connectivity index (χ0n) is 20.6. The number of esters is 1. The summed E-state index contributed by atoms with van der Waals surface area (Å²) in [5.41, 5.74) is 5.96. The molecule has 5 aromatic rings. The average molecular weight is 558 g/mol. The molecule has 7 nitrogen and oxygen atoms in total. The number of amides is 1. The summed E-state index contributed by atoms with van der Waals surface area (Å²) < 4.78 is 10.9. The van der Waals surface area contributed by atoms with Crippen LogP contribution in [-0.4, -0.2) is 30.2 Å². The van der Waals surface area contributed by atoms with Gasteiger partial charge in [-0.05, 0) is 53.6 Å². The van der Waals surface area contributed by atoms with Crippen LogP contribution < -0.4 is 14.9 Å². The Morgan fingerprint density at radius 2 is 1.62 bits per heavy atom. The van der Waals surface area contributed by atoms with Gasteiger partial charge in [-0.25, -0.2) is 10.2 Å². The fourth-order valence-electron chi connectivity index (χ4n) is 4.10. The fraction of sp³-hybridized carbons (Fsp3) is 0.0333. The number of halogens is 2. The van der Waals surface area contributed by atoms with Crippen molar-refractivity contribution in [2.24, 2.45) is 5.10 Å². The summed E-state index contributed by atoms with van der Waals surface area (Å²) in [6, 6.07) is 26.4. The number of ether oxygens (including phenoxy) is 2. The largest absolute Gasteiger partial charge is 0.493 e. The number of nitrogens with zero attached hydrogens (tertiary/aromatic N) is 1. The van der Waals surface area contributed by atoms with E-state index in [1.807, 2.05) is 36.4 Å². The first-order chi connectivity index (χ1) is 18.9. The van der Waals surface area contributed by atoms with Crippen LogP contribution in [0.15, 0.2) is 96.1 Å². The van der Waals surface area contributed by atoms with Crippen LogP contribution in [-0.2, 0) is 0 Å². The Morgan fingerprint density at radius 3 is 2.33 bits per heavy atom. The van der Waals surface area contributed by atoms with Crippen molar-refractivity contribution in [2.45, 2.75) is 0 Å². The Hall–Kier alpha value is -4.59. The molecule has 1 aromatic heterocycles. The van der Waals surface area contributed by atoms with E-state index in [0.29, 0.717) is 43.7 Å². The van der Waals surface area contributed by atoms with Crippen molar-refractivity contribution < 1.29 is 19.1 Å². The Kier molecular flexibility index (Phi) is 7.63. The molecule has 0 bridgehead atoms. The Labute approximate surface area is 234 Å². The van der Waals surface area contributed by atoms with Gasteiger partial charge in [-0.2, -0.15) is 5.10 Å². The molecule has 1 heterocycles. The molecule has 1 amide bonds. The summed E-state index contributed by atoms with van der Waals surface area (Å²) in [4.78, 5) is 28.7. The Morgan fingerprint density at radius 1 is 0.897 bits per heavy atom. The van der Waals surface area contributed by atoms with Crippen LogP contribution in [0, 0.1) is 0 Å². The van der Waals surface area contributed by atoms with Crippen molar-refractivity contribution in [2.75, 3.05) is 7.11 Å². The Balaban J connectivity index is 1.37. The molecule has 194 valence electrons. The third-order valence-corrected chi connectivity index (χ3v) is 6.41. The number of hydrogen-bond donors (Lipinski definition) is 2. The van der Waals surface area contributed by atoms with Gasteiger partial charge in [-0.15, -0.1) is 0 Å². The van der Waals surface area contributed by atoms with Crippen LogP contribution in [0.25, 0.3) is 22.0 Å². The highest BCUT2D eigenvalue weighted by molar-refractivity contribution is 6.39. The maximum atomic E-state index is 13.2. The Bertz CT molecular complexity index is 1700. The lowest BCUT2D eigenvalue weighted by Gasteiger charge is -2.10. The first kappa shape index (κ1) is 26.0. The lowest BCUT2D eigenvalue weighted by molar-refractivity contribution is 0.0729. The standard InChI is InChI=1S/C30H21Cl2N3O4/c1-38-25-14-18(12-13-24(25)39-30(37)20-10-6-3-7-11-20)17-33-35-29(36)28-26(19-8-4-2-5-9-19)22-15-21(31)16-23(32)27(22)34-28/h2-17,34H,1H3,(H,35,36). The molecule has 0 unspecified atom stereocenters. The van der Waals surface area contributed by atoms with Gasteiger partial charge >= 0.3 is 5.97 Å². The highest BCUT2D eigenvalue weighted by atomic mass is 35.5. The average Bonchev–Trinajstić information content (AvgIpc) is 3.34. The molecule has 0 radical (unpaired) electrons. The molecule has 2 N–H and O–H groups in total. The van der Waals surface area contributed by atoms with Gasteiger partial charge in [-0.1, -0.05) is 71.7 Å². The summed E-state index contributed by atoms with van der Waals surface area (Å²) in [7, 11) is 1.47. The third kappa shape index (κ3) is 5.65. The highest BCUT2D eigenvalue weighted by Gasteiger charge is 2.21. The number of rotatable bonds is 7. The van der Waals surface area contributed by atoms with Crippen molar-refractivity contribution in [3.8, 4) is 22.6 Å². The maximum Gasteiger partial charge on any atom is 0.343 e. The number of benzene rings is 4. The van der Waals surface area contributed by atoms with Gasteiger partial charge in [0, 0.05) is 16.0 Å². The number of H-pyrrole nitrogens is 1. The topological polar surface area (TPSA) is 92.8 Å². The van der Waals surface area contributed by atoms with Crippen LogP contribution in [0.4, 0.5) is 0 Å². The zero-order chi connectivity index (χ0) is 27.4. The van der Waals surface area contributed by atoms with Crippen LogP contribution in [0.3, 0.4) is 0 Å². The molecule has 5 rings (SSSR count). The number of hydrazone groups is 1. The van der Waals surface area contributed by atoms with Gasteiger partial charge < -0.3 is 14.5 Å². The molecule has 0 aliphatic heterocycles. The molecular weight excluding hydrogens is 537 g/mol. The number of carbonyl (C=O) groups is 2. The van der Waals surface area contributed by atoms with Crippen LogP contribution in [0.2, 0.25) is 10.0 Å². The van der Waals surface area contributed by atoms with Gasteiger partial charge in [0.15, 0.2) is 11.5 Å². The third-order valence-electron chi connectivity index (χ3n) is 5.89. The predicted molar refractivity (Wildman–Crippen MR) is 153 cm³/mol. The number of aromatic amines is 1. The molecule has 0 fully saturated rings. The molecule has 0 atom stereocenters. The van der Waals surface area contributed by atoms with Crippen molar-refractivity contribution in [3.63, 3.8) is 0 Å².